The average molecular weight is 326 g/mol. The zero-order chi connectivity index (χ0) is 15.4. The van der Waals surface area contributed by atoms with Gasteiger partial charge in [0.05, 0.1) is 15.6 Å². The van der Waals surface area contributed by atoms with Crippen LogP contribution in [0.4, 0.5) is 0 Å². The van der Waals surface area contributed by atoms with Crippen LogP contribution in [-0.4, -0.2) is 11.9 Å². The Morgan fingerprint density at radius 2 is 1.86 bits per heavy atom. The van der Waals surface area contributed by atoms with Crippen LogP contribution in [0.15, 0.2) is 18.2 Å². The van der Waals surface area contributed by atoms with Gasteiger partial charge in [-0.3, -0.25) is 4.79 Å². The van der Waals surface area contributed by atoms with Gasteiger partial charge in [0.25, 0.3) is 5.91 Å². The molecule has 0 spiro atoms. The van der Waals surface area contributed by atoms with Crippen LogP contribution in [0.3, 0.4) is 0 Å². The molecule has 2 aliphatic carbocycles. The van der Waals surface area contributed by atoms with Gasteiger partial charge in [-0.2, -0.15) is 0 Å². The number of hydrogen-bond acceptors (Lipinski definition) is 1. The zero-order valence-electron chi connectivity index (χ0n) is 12.7. The van der Waals surface area contributed by atoms with E-state index in [4.69, 9.17) is 23.2 Å². The molecule has 3 rings (SSSR count). The first-order valence-corrected chi connectivity index (χ1v) is 8.28. The lowest BCUT2D eigenvalue weighted by Crippen LogP contribution is -2.47. The quantitative estimate of drug-likeness (QED) is 0.819. The van der Waals surface area contributed by atoms with Crippen LogP contribution in [0.25, 0.3) is 0 Å². The molecule has 4 heteroatoms. The molecule has 0 aliphatic heterocycles. The molecule has 2 nitrogen and oxygen atoms in total. The van der Waals surface area contributed by atoms with E-state index >= 15 is 0 Å². The molecule has 1 aromatic rings. The summed E-state index contributed by atoms with van der Waals surface area (Å²) in [5, 5.41) is 4.02. The van der Waals surface area contributed by atoms with Gasteiger partial charge in [-0.1, -0.05) is 50.0 Å². The van der Waals surface area contributed by atoms with E-state index in [-0.39, 0.29) is 22.8 Å². The molecule has 1 N–H and O–H groups in total. The second kappa shape index (κ2) is 4.89. The van der Waals surface area contributed by atoms with Gasteiger partial charge in [-0.15, -0.1) is 0 Å². The Labute approximate surface area is 136 Å². The maximum absolute atomic E-state index is 12.6. The Morgan fingerprint density at radius 3 is 2.33 bits per heavy atom. The molecule has 21 heavy (non-hydrogen) atoms. The molecule has 2 bridgehead atoms. The Morgan fingerprint density at radius 1 is 1.24 bits per heavy atom. The van der Waals surface area contributed by atoms with E-state index in [0.717, 1.165) is 6.42 Å². The minimum Gasteiger partial charge on any atom is -0.349 e. The van der Waals surface area contributed by atoms with Crippen LogP contribution in [0.5, 0.6) is 0 Å². The topological polar surface area (TPSA) is 29.1 Å². The van der Waals surface area contributed by atoms with Gasteiger partial charge in [-0.25, -0.2) is 0 Å². The van der Waals surface area contributed by atoms with Crippen molar-refractivity contribution >= 4 is 29.1 Å². The molecule has 0 heterocycles. The van der Waals surface area contributed by atoms with E-state index in [1.807, 2.05) is 0 Å². The molecule has 114 valence electrons. The van der Waals surface area contributed by atoms with Crippen molar-refractivity contribution in [3.05, 3.63) is 33.8 Å². The van der Waals surface area contributed by atoms with Crippen molar-refractivity contribution in [2.24, 2.45) is 16.7 Å². The van der Waals surface area contributed by atoms with E-state index in [1.54, 1.807) is 18.2 Å². The summed E-state index contributed by atoms with van der Waals surface area (Å²) in [6.45, 7) is 6.97. The largest absolute Gasteiger partial charge is 0.349 e. The fourth-order valence-corrected chi connectivity index (χ4v) is 4.94. The summed E-state index contributed by atoms with van der Waals surface area (Å²) in [4.78, 5) is 12.6. The molecule has 1 amide bonds. The third-order valence-corrected chi connectivity index (χ3v) is 6.92. The first-order chi connectivity index (χ1) is 9.77. The molecule has 2 aliphatic rings. The SMILES string of the molecule is CC1(C)[C@H]2CC[C@@]1(C)[C@@H](NC(=O)c1c(Cl)cccc1Cl)C2. The fourth-order valence-electron chi connectivity index (χ4n) is 4.37. The molecule has 0 aromatic heterocycles. The molecule has 2 saturated carbocycles. The van der Waals surface area contributed by atoms with E-state index in [2.05, 4.69) is 26.1 Å². The Balaban J connectivity index is 1.84. The minimum absolute atomic E-state index is 0.153. The van der Waals surface area contributed by atoms with Crippen LogP contribution in [-0.2, 0) is 0 Å². The van der Waals surface area contributed by atoms with Crippen LogP contribution in [0, 0.1) is 16.7 Å². The molecular formula is C17H21Cl2NO. The van der Waals surface area contributed by atoms with Crippen LogP contribution in [0.2, 0.25) is 10.0 Å². The third kappa shape index (κ3) is 2.10. The molecule has 2 fully saturated rings. The molecule has 0 unspecified atom stereocenters. The minimum atomic E-state index is -0.153. The first kappa shape index (κ1) is 15.2. The number of carbonyl (C=O) groups excluding carboxylic acids is 1. The standard InChI is InChI=1S/C17H21Cl2NO/c1-16(2)10-7-8-17(16,3)13(9-10)20-15(21)14-11(18)5-4-6-12(14)19/h4-6,10,13H,7-9H2,1-3H3,(H,20,21)/t10-,13-,17-/m0/s1. The number of nitrogens with one attached hydrogen (secondary N) is 1. The van der Waals surface area contributed by atoms with E-state index in [1.165, 1.54) is 12.8 Å². The van der Waals surface area contributed by atoms with Crippen molar-refractivity contribution in [3.8, 4) is 0 Å². The molecule has 0 radical (unpaired) electrons. The predicted molar refractivity (Wildman–Crippen MR) is 86.9 cm³/mol. The highest BCUT2D eigenvalue weighted by Crippen LogP contribution is 2.65. The van der Waals surface area contributed by atoms with E-state index in [0.29, 0.717) is 21.5 Å². The average Bonchev–Trinajstić information content (AvgIpc) is 2.71. The summed E-state index contributed by atoms with van der Waals surface area (Å²) in [6.07, 6.45) is 3.49. The summed E-state index contributed by atoms with van der Waals surface area (Å²) in [7, 11) is 0. The Hall–Kier alpha value is -0.730. The van der Waals surface area contributed by atoms with Gasteiger partial charge in [-0.05, 0) is 48.1 Å². The number of rotatable bonds is 2. The summed E-state index contributed by atoms with van der Waals surface area (Å²) in [5.41, 5.74) is 0.820. The van der Waals surface area contributed by atoms with Gasteiger partial charge >= 0.3 is 0 Å². The Kier molecular flexibility index (Phi) is 3.53. The highest BCUT2D eigenvalue weighted by Gasteiger charge is 2.61. The summed E-state index contributed by atoms with van der Waals surface area (Å²) >= 11 is 12.3. The van der Waals surface area contributed by atoms with Gasteiger partial charge in [0.15, 0.2) is 0 Å². The van der Waals surface area contributed by atoms with Crippen molar-refractivity contribution in [1.82, 2.24) is 5.32 Å². The van der Waals surface area contributed by atoms with Crippen molar-refractivity contribution < 1.29 is 4.79 Å². The van der Waals surface area contributed by atoms with Crippen molar-refractivity contribution in [2.45, 2.75) is 46.1 Å². The van der Waals surface area contributed by atoms with Crippen LogP contribution < -0.4 is 5.32 Å². The lowest BCUT2D eigenvalue weighted by molar-refractivity contribution is 0.0826. The zero-order valence-corrected chi connectivity index (χ0v) is 14.2. The summed E-state index contributed by atoms with van der Waals surface area (Å²) in [6, 6.07) is 5.36. The highest BCUT2D eigenvalue weighted by atomic mass is 35.5. The van der Waals surface area contributed by atoms with Gasteiger partial charge < -0.3 is 5.32 Å². The maximum atomic E-state index is 12.6. The van der Waals surface area contributed by atoms with Gasteiger partial charge in [0.2, 0.25) is 0 Å². The summed E-state index contributed by atoms with van der Waals surface area (Å²) < 4.78 is 0. The van der Waals surface area contributed by atoms with Crippen molar-refractivity contribution in [1.29, 1.82) is 0 Å². The predicted octanol–water partition coefficient (Wildman–Crippen LogP) is 4.94. The lowest BCUT2D eigenvalue weighted by Gasteiger charge is -2.39. The summed E-state index contributed by atoms with van der Waals surface area (Å²) in [5.74, 6) is 0.537. The van der Waals surface area contributed by atoms with Crippen molar-refractivity contribution in [2.75, 3.05) is 0 Å². The highest BCUT2D eigenvalue weighted by molar-refractivity contribution is 6.39. The number of amides is 1. The lowest BCUT2D eigenvalue weighted by atomic mass is 9.69. The molecule has 3 atom stereocenters. The fraction of sp³-hybridized carbons (Fsp3) is 0.588. The van der Waals surface area contributed by atoms with Crippen molar-refractivity contribution in [3.63, 3.8) is 0 Å². The maximum Gasteiger partial charge on any atom is 0.254 e. The number of benzene rings is 1. The van der Waals surface area contributed by atoms with E-state index in [9.17, 15) is 4.79 Å². The number of carbonyl (C=O) groups is 1. The second-order valence-electron chi connectivity index (χ2n) is 7.23. The Bertz CT molecular complexity index is 578. The smallest absolute Gasteiger partial charge is 0.254 e. The number of halogens is 2. The molecule has 1 aromatic carbocycles. The normalized spacial score (nSPS) is 33.2. The number of hydrogen-bond donors (Lipinski definition) is 1. The third-order valence-electron chi connectivity index (χ3n) is 6.29. The molecule has 0 saturated heterocycles. The van der Waals surface area contributed by atoms with E-state index < -0.39 is 0 Å². The number of fused-ring (bicyclic) bond motifs is 2. The van der Waals surface area contributed by atoms with Crippen LogP contribution in [0.1, 0.15) is 50.4 Å². The van der Waals surface area contributed by atoms with Gasteiger partial charge in [0, 0.05) is 6.04 Å². The molecular weight excluding hydrogens is 305 g/mol. The second-order valence-corrected chi connectivity index (χ2v) is 8.05. The first-order valence-electron chi connectivity index (χ1n) is 7.52. The monoisotopic (exact) mass is 325 g/mol. The van der Waals surface area contributed by atoms with Crippen LogP contribution >= 0.6 is 23.2 Å². The van der Waals surface area contributed by atoms with Gasteiger partial charge in [0.1, 0.15) is 0 Å².